The van der Waals surface area contributed by atoms with Gasteiger partial charge < -0.3 is 0 Å². The summed E-state index contributed by atoms with van der Waals surface area (Å²) in [6.07, 6.45) is -7.95. The Morgan fingerprint density at radius 3 is 1.51 bits per heavy atom. The van der Waals surface area contributed by atoms with Crippen LogP contribution in [0.5, 0.6) is 0 Å². The molecule has 1 atom stereocenters. The van der Waals surface area contributed by atoms with Crippen LogP contribution in [0.15, 0.2) is 24.3 Å². The SMILES string of the molecule is CC(C(=O)NO)N(Cc1ccccc1Cl)S(=O)(=O)C(F)(F)C(F)(F)C(F)(F)C(F)(F)C(F)(F)C(F)(F)C(F)(F)C(F)(F)F. The van der Waals surface area contributed by atoms with E-state index in [0.29, 0.717) is 11.5 Å². The molecule has 0 bridgehead atoms. The summed E-state index contributed by atoms with van der Waals surface area (Å²) in [6.45, 7) is -1.69. The molecule has 1 aromatic rings. The smallest absolute Gasteiger partial charge is 0.289 e. The van der Waals surface area contributed by atoms with E-state index in [2.05, 4.69) is 0 Å². The highest BCUT2D eigenvalue weighted by molar-refractivity contribution is 7.90. The molecular formula is C18H12ClF17N2O4S. The number of rotatable bonds is 12. The van der Waals surface area contributed by atoms with Crippen LogP contribution in [0, 0.1) is 0 Å². The van der Waals surface area contributed by atoms with Crippen molar-refractivity contribution in [3.05, 3.63) is 34.9 Å². The van der Waals surface area contributed by atoms with Crippen molar-refractivity contribution in [3.63, 3.8) is 0 Å². The van der Waals surface area contributed by atoms with Gasteiger partial charge in [0.25, 0.3) is 15.9 Å². The molecule has 0 saturated heterocycles. The zero-order chi connectivity index (χ0) is 34.6. The van der Waals surface area contributed by atoms with Gasteiger partial charge in [0.05, 0.1) is 0 Å². The van der Waals surface area contributed by atoms with E-state index in [0.717, 1.165) is 18.2 Å². The van der Waals surface area contributed by atoms with Crippen molar-refractivity contribution in [3.8, 4) is 0 Å². The second kappa shape index (κ2) is 11.2. The first-order valence-corrected chi connectivity index (χ1v) is 12.0. The summed E-state index contributed by atoms with van der Waals surface area (Å²) in [4.78, 5) is 11.7. The van der Waals surface area contributed by atoms with E-state index in [1.807, 2.05) is 0 Å². The van der Waals surface area contributed by atoms with Crippen LogP contribution in [-0.2, 0) is 21.4 Å². The Hall–Kier alpha value is -2.34. The Balaban J connectivity index is 3.93. The number of carbonyl (C=O) groups is 1. The molecule has 0 aliphatic carbocycles. The van der Waals surface area contributed by atoms with E-state index < -0.39 is 90.4 Å². The highest BCUT2D eigenvalue weighted by Crippen LogP contribution is 2.64. The molecule has 25 heteroatoms. The summed E-state index contributed by atoms with van der Waals surface area (Å²) in [6, 6.07) is 0.635. The second-order valence-electron chi connectivity index (χ2n) is 8.25. The number of halogens is 18. The van der Waals surface area contributed by atoms with Gasteiger partial charge in [-0.25, -0.2) is 13.9 Å². The maximum absolute atomic E-state index is 14.7. The van der Waals surface area contributed by atoms with Gasteiger partial charge >= 0.3 is 47.0 Å². The van der Waals surface area contributed by atoms with Gasteiger partial charge in [-0.15, -0.1) is 0 Å². The fraction of sp³-hybridized carbons (Fsp3) is 0.611. The van der Waals surface area contributed by atoms with Gasteiger partial charge in [0.2, 0.25) is 0 Å². The van der Waals surface area contributed by atoms with Crippen molar-refractivity contribution in [2.24, 2.45) is 0 Å². The van der Waals surface area contributed by atoms with Crippen molar-refractivity contribution >= 4 is 27.5 Å². The zero-order valence-electron chi connectivity index (χ0n) is 19.9. The normalized spacial score (nSPS) is 15.9. The van der Waals surface area contributed by atoms with E-state index in [-0.39, 0.29) is 6.92 Å². The van der Waals surface area contributed by atoms with Gasteiger partial charge in [-0.3, -0.25) is 10.0 Å². The maximum atomic E-state index is 14.7. The lowest BCUT2D eigenvalue weighted by atomic mass is 9.91. The van der Waals surface area contributed by atoms with Crippen LogP contribution in [0.2, 0.25) is 5.02 Å². The molecule has 0 spiro atoms. The minimum absolute atomic E-state index is 0.162. The molecule has 0 aliphatic heterocycles. The van der Waals surface area contributed by atoms with Gasteiger partial charge in [-0.05, 0) is 18.6 Å². The Bertz CT molecular complexity index is 1300. The van der Waals surface area contributed by atoms with Crippen LogP contribution in [-0.4, -0.2) is 76.8 Å². The van der Waals surface area contributed by atoms with Gasteiger partial charge in [0.15, 0.2) is 0 Å². The molecule has 250 valence electrons. The number of hydrogen-bond donors (Lipinski definition) is 2. The van der Waals surface area contributed by atoms with Gasteiger partial charge in [-0.1, -0.05) is 29.8 Å². The second-order valence-corrected chi connectivity index (χ2v) is 10.6. The molecule has 2 N–H and O–H groups in total. The molecule has 0 heterocycles. The zero-order valence-corrected chi connectivity index (χ0v) is 21.5. The molecule has 0 aromatic heterocycles. The van der Waals surface area contributed by atoms with Crippen molar-refractivity contribution in [2.75, 3.05) is 0 Å². The monoisotopic (exact) mass is 710 g/mol. The number of benzene rings is 1. The standard InChI is InChI=1S/C18H12ClF17N2O4S/c1-7(10(39)37-40)38(6-8-4-2-3-5-9(8)19)43(41,42)18(35,36)16(30,31)14(26,27)12(22,23)11(20,21)13(24,25)15(28,29)17(32,33)34/h2-5,7,40H,6H2,1H3,(H,37,39). The van der Waals surface area contributed by atoms with E-state index >= 15 is 0 Å². The van der Waals surface area contributed by atoms with Crippen molar-refractivity contribution in [2.45, 2.75) is 66.5 Å². The molecular weight excluding hydrogens is 699 g/mol. The van der Waals surface area contributed by atoms with Crippen LogP contribution in [0.4, 0.5) is 74.6 Å². The maximum Gasteiger partial charge on any atom is 0.460 e. The average molecular weight is 711 g/mol. The first-order chi connectivity index (χ1) is 18.8. The Morgan fingerprint density at radius 1 is 0.767 bits per heavy atom. The van der Waals surface area contributed by atoms with Crippen LogP contribution in [0.25, 0.3) is 0 Å². The lowest BCUT2D eigenvalue weighted by molar-refractivity contribution is -0.458. The van der Waals surface area contributed by atoms with Gasteiger partial charge in [-0.2, -0.15) is 78.9 Å². The molecule has 1 amide bonds. The first-order valence-electron chi connectivity index (χ1n) is 10.2. The molecule has 0 saturated carbocycles. The van der Waals surface area contributed by atoms with Gasteiger partial charge in [0, 0.05) is 11.6 Å². The van der Waals surface area contributed by atoms with Crippen molar-refractivity contribution in [1.29, 1.82) is 0 Å². The predicted molar refractivity (Wildman–Crippen MR) is 106 cm³/mol. The third kappa shape index (κ3) is 5.55. The molecule has 1 rings (SSSR count). The number of sulfonamides is 1. The van der Waals surface area contributed by atoms with Crippen LogP contribution >= 0.6 is 11.6 Å². The minimum atomic E-state index is -9.01. The minimum Gasteiger partial charge on any atom is -0.289 e. The molecule has 0 aliphatic rings. The lowest BCUT2D eigenvalue weighted by Gasteiger charge is -2.43. The Morgan fingerprint density at radius 2 is 1.14 bits per heavy atom. The van der Waals surface area contributed by atoms with E-state index in [1.54, 1.807) is 0 Å². The van der Waals surface area contributed by atoms with Crippen LogP contribution in [0.1, 0.15) is 12.5 Å². The Kier molecular flexibility index (Phi) is 10.1. The highest BCUT2D eigenvalue weighted by Gasteiger charge is 2.96. The summed E-state index contributed by atoms with van der Waals surface area (Å²) in [5, 5.41) is 0.0835. The summed E-state index contributed by atoms with van der Waals surface area (Å²) in [5.41, 5.74) is -0.147. The third-order valence-corrected chi connectivity index (χ3v) is 7.87. The fourth-order valence-electron chi connectivity index (χ4n) is 2.91. The largest absolute Gasteiger partial charge is 0.460 e. The molecule has 1 unspecified atom stereocenters. The first kappa shape index (κ1) is 38.7. The lowest BCUT2D eigenvalue weighted by Crippen LogP contribution is -2.75. The molecule has 0 radical (unpaired) electrons. The number of nitrogens with one attached hydrogen (secondary N) is 1. The fourth-order valence-corrected chi connectivity index (χ4v) is 4.67. The van der Waals surface area contributed by atoms with E-state index in [4.69, 9.17) is 16.8 Å². The molecule has 6 nitrogen and oxygen atoms in total. The average Bonchev–Trinajstić information content (AvgIpc) is 2.85. The van der Waals surface area contributed by atoms with Crippen LogP contribution in [0.3, 0.4) is 0 Å². The number of alkyl halides is 17. The summed E-state index contributed by atoms with van der Waals surface area (Å²) in [7, 11) is -7.86. The summed E-state index contributed by atoms with van der Waals surface area (Å²) >= 11 is 5.61. The van der Waals surface area contributed by atoms with E-state index in [9.17, 15) is 87.8 Å². The number of hydrogen-bond acceptors (Lipinski definition) is 4. The summed E-state index contributed by atoms with van der Waals surface area (Å²) < 4.78 is 255. The predicted octanol–water partition coefficient (Wildman–Crippen LogP) is 6.33. The molecule has 1 aromatic carbocycles. The number of nitrogens with zero attached hydrogens (tertiary/aromatic N) is 1. The number of amides is 1. The number of hydroxylamine groups is 1. The quantitative estimate of drug-likeness (QED) is 0.151. The summed E-state index contributed by atoms with van der Waals surface area (Å²) in [5.74, 6) is -54.7. The highest BCUT2D eigenvalue weighted by atomic mass is 35.5. The van der Waals surface area contributed by atoms with E-state index in [1.165, 1.54) is 0 Å². The van der Waals surface area contributed by atoms with Crippen LogP contribution < -0.4 is 5.48 Å². The molecule has 43 heavy (non-hydrogen) atoms. The molecule has 0 fully saturated rings. The third-order valence-electron chi connectivity index (χ3n) is 5.53. The topological polar surface area (TPSA) is 86.7 Å². The van der Waals surface area contributed by atoms with Crippen molar-refractivity contribution in [1.82, 2.24) is 9.79 Å². The Labute approximate surface area is 232 Å². The van der Waals surface area contributed by atoms with Gasteiger partial charge in [0.1, 0.15) is 6.04 Å². The number of carbonyl (C=O) groups excluding carboxylic acids is 1. The van der Waals surface area contributed by atoms with Crippen molar-refractivity contribution < 1.29 is 93.1 Å².